The number of rotatable bonds is 8. The Balaban J connectivity index is 2.40. The molecule has 0 aliphatic heterocycles. The lowest BCUT2D eigenvalue weighted by Gasteiger charge is -2.23. The highest BCUT2D eigenvalue weighted by Crippen LogP contribution is 2.28. The molecule has 0 saturated carbocycles. The van der Waals surface area contributed by atoms with Crippen LogP contribution in [0, 0.1) is 5.82 Å². The summed E-state index contributed by atoms with van der Waals surface area (Å²) < 4.78 is 15.0. The summed E-state index contributed by atoms with van der Waals surface area (Å²) in [7, 11) is 1.66. The fourth-order valence-corrected chi connectivity index (χ4v) is 2.38. The maximum absolute atomic E-state index is 13.5. The molecule has 1 aromatic rings. The highest BCUT2D eigenvalue weighted by molar-refractivity contribution is 5.12. The Morgan fingerprint density at radius 1 is 1.28 bits per heavy atom. The van der Waals surface area contributed by atoms with Gasteiger partial charge in [-0.1, -0.05) is 45.4 Å². The maximum Gasteiger partial charge on any atom is 0.167 e. The number of aromatic nitrogens is 2. The number of nitrogens with zero attached hydrogens (tertiary/aromatic N) is 2. The molecule has 0 radical (unpaired) electrons. The van der Waals surface area contributed by atoms with Crippen LogP contribution >= 0.6 is 0 Å². The SMILES string of the molecule is CCCCCCCCC(C)(O)c1c(F)cnn1C. The first kappa shape index (κ1) is 15.2. The van der Waals surface area contributed by atoms with Crippen LogP contribution in [0.15, 0.2) is 6.20 Å². The number of halogens is 1. The number of unbranched alkanes of at least 4 members (excludes halogenated alkanes) is 5. The van der Waals surface area contributed by atoms with E-state index in [4.69, 9.17) is 0 Å². The third-order valence-corrected chi connectivity index (χ3v) is 3.42. The maximum atomic E-state index is 13.5. The van der Waals surface area contributed by atoms with Gasteiger partial charge in [0.15, 0.2) is 5.82 Å². The summed E-state index contributed by atoms with van der Waals surface area (Å²) in [5.41, 5.74) is -0.837. The van der Waals surface area contributed by atoms with Gasteiger partial charge in [0.25, 0.3) is 0 Å². The van der Waals surface area contributed by atoms with Gasteiger partial charge in [-0.05, 0) is 13.3 Å². The molecular weight excluding hydrogens is 231 g/mol. The van der Waals surface area contributed by atoms with Crippen LogP contribution in [0.1, 0.15) is 64.5 Å². The molecule has 1 atom stereocenters. The quantitative estimate of drug-likeness (QED) is 0.723. The molecule has 3 nitrogen and oxygen atoms in total. The minimum absolute atomic E-state index is 0.288. The van der Waals surface area contributed by atoms with Gasteiger partial charge in [-0.15, -0.1) is 0 Å². The van der Waals surface area contributed by atoms with E-state index in [1.54, 1.807) is 14.0 Å². The van der Waals surface area contributed by atoms with Crippen molar-refractivity contribution in [2.45, 2.75) is 64.4 Å². The molecule has 1 rings (SSSR count). The van der Waals surface area contributed by atoms with E-state index >= 15 is 0 Å². The van der Waals surface area contributed by atoms with E-state index in [2.05, 4.69) is 12.0 Å². The van der Waals surface area contributed by atoms with Gasteiger partial charge in [0.05, 0.1) is 6.20 Å². The molecule has 18 heavy (non-hydrogen) atoms. The molecule has 0 saturated heterocycles. The lowest BCUT2D eigenvalue weighted by molar-refractivity contribution is 0.0329. The Morgan fingerprint density at radius 2 is 1.89 bits per heavy atom. The molecule has 0 bridgehead atoms. The number of hydrogen-bond donors (Lipinski definition) is 1. The van der Waals surface area contributed by atoms with Crippen molar-refractivity contribution in [2.24, 2.45) is 7.05 Å². The minimum Gasteiger partial charge on any atom is -0.384 e. The lowest BCUT2D eigenvalue weighted by Crippen LogP contribution is -2.25. The van der Waals surface area contributed by atoms with E-state index in [1.807, 2.05) is 0 Å². The van der Waals surface area contributed by atoms with Crippen LogP contribution in [0.2, 0.25) is 0 Å². The molecule has 0 aromatic carbocycles. The summed E-state index contributed by atoms with van der Waals surface area (Å²) in [4.78, 5) is 0. The summed E-state index contributed by atoms with van der Waals surface area (Å²) in [6.07, 6.45) is 8.69. The van der Waals surface area contributed by atoms with Crippen molar-refractivity contribution in [1.29, 1.82) is 0 Å². The van der Waals surface area contributed by atoms with E-state index in [0.29, 0.717) is 6.42 Å². The molecular formula is C14H25FN2O. The Labute approximate surface area is 109 Å². The average molecular weight is 256 g/mol. The van der Waals surface area contributed by atoms with Crippen molar-refractivity contribution in [1.82, 2.24) is 9.78 Å². The van der Waals surface area contributed by atoms with Crippen LogP contribution < -0.4 is 0 Å². The Morgan fingerprint density at radius 3 is 2.44 bits per heavy atom. The molecule has 1 aromatic heterocycles. The third kappa shape index (κ3) is 4.09. The van der Waals surface area contributed by atoms with Crippen molar-refractivity contribution < 1.29 is 9.50 Å². The van der Waals surface area contributed by atoms with Crippen LogP contribution in [-0.4, -0.2) is 14.9 Å². The second kappa shape index (κ2) is 6.88. The first-order chi connectivity index (χ1) is 8.49. The molecule has 1 unspecified atom stereocenters. The first-order valence-electron chi connectivity index (χ1n) is 6.89. The van der Waals surface area contributed by atoms with Gasteiger partial charge in [0.1, 0.15) is 11.3 Å². The second-order valence-corrected chi connectivity index (χ2v) is 5.26. The number of aryl methyl sites for hydroxylation is 1. The summed E-state index contributed by atoms with van der Waals surface area (Å²) >= 11 is 0. The normalized spacial score (nSPS) is 14.7. The molecule has 1 N–H and O–H groups in total. The zero-order valence-electron chi connectivity index (χ0n) is 11.7. The zero-order valence-corrected chi connectivity index (χ0v) is 11.7. The highest BCUT2D eigenvalue weighted by atomic mass is 19.1. The Kier molecular flexibility index (Phi) is 5.79. The van der Waals surface area contributed by atoms with Gasteiger partial charge in [0, 0.05) is 7.05 Å². The molecule has 104 valence electrons. The van der Waals surface area contributed by atoms with E-state index in [-0.39, 0.29) is 5.69 Å². The van der Waals surface area contributed by atoms with Crippen LogP contribution in [0.4, 0.5) is 4.39 Å². The molecule has 0 aliphatic rings. The van der Waals surface area contributed by atoms with Crippen molar-refractivity contribution >= 4 is 0 Å². The Bertz CT molecular complexity index is 341. The predicted molar refractivity (Wildman–Crippen MR) is 70.7 cm³/mol. The summed E-state index contributed by atoms with van der Waals surface area (Å²) in [5.74, 6) is -0.423. The summed E-state index contributed by atoms with van der Waals surface area (Å²) in [6.45, 7) is 3.86. The van der Waals surface area contributed by atoms with Gasteiger partial charge < -0.3 is 5.11 Å². The molecule has 1 heterocycles. The minimum atomic E-state index is -1.12. The van der Waals surface area contributed by atoms with E-state index < -0.39 is 11.4 Å². The lowest BCUT2D eigenvalue weighted by atomic mass is 9.94. The van der Waals surface area contributed by atoms with Gasteiger partial charge in [-0.2, -0.15) is 5.10 Å². The fourth-order valence-electron chi connectivity index (χ4n) is 2.38. The predicted octanol–water partition coefficient (Wildman–Crippen LogP) is 3.52. The first-order valence-corrected chi connectivity index (χ1v) is 6.89. The number of hydrogen-bond acceptors (Lipinski definition) is 2. The molecule has 0 spiro atoms. The van der Waals surface area contributed by atoms with Gasteiger partial charge in [0.2, 0.25) is 0 Å². The molecule has 0 amide bonds. The van der Waals surface area contributed by atoms with Crippen LogP contribution in [0.3, 0.4) is 0 Å². The van der Waals surface area contributed by atoms with Gasteiger partial charge in [-0.25, -0.2) is 4.39 Å². The second-order valence-electron chi connectivity index (χ2n) is 5.26. The standard InChI is InChI=1S/C14H25FN2O/c1-4-5-6-7-8-9-10-14(2,18)13-12(15)11-16-17(13)3/h11,18H,4-10H2,1-3H3. The fraction of sp³-hybridized carbons (Fsp3) is 0.786. The van der Waals surface area contributed by atoms with Crippen molar-refractivity contribution in [3.05, 3.63) is 17.7 Å². The zero-order chi connectivity index (χ0) is 13.6. The monoisotopic (exact) mass is 256 g/mol. The molecule has 0 aliphatic carbocycles. The largest absolute Gasteiger partial charge is 0.384 e. The molecule has 0 fully saturated rings. The van der Waals surface area contributed by atoms with E-state index in [9.17, 15) is 9.50 Å². The topological polar surface area (TPSA) is 38.1 Å². The van der Waals surface area contributed by atoms with Gasteiger partial charge in [-0.3, -0.25) is 4.68 Å². The molecule has 4 heteroatoms. The van der Waals surface area contributed by atoms with E-state index in [0.717, 1.165) is 19.0 Å². The van der Waals surface area contributed by atoms with Gasteiger partial charge >= 0.3 is 0 Å². The average Bonchev–Trinajstić information content (AvgIpc) is 2.64. The van der Waals surface area contributed by atoms with Crippen molar-refractivity contribution in [2.75, 3.05) is 0 Å². The van der Waals surface area contributed by atoms with Crippen LogP contribution in [0.5, 0.6) is 0 Å². The summed E-state index contributed by atoms with van der Waals surface area (Å²) in [5, 5.41) is 14.2. The highest BCUT2D eigenvalue weighted by Gasteiger charge is 2.29. The Hall–Kier alpha value is -0.900. The third-order valence-electron chi connectivity index (χ3n) is 3.42. The summed E-state index contributed by atoms with van der Waals surface area (Å²) in [6, 6.07) is 0. The van der Waals surface area contributed by atoms with E-state index in [1.165, 1.54) is 30.4 Å². The van der Waals surface area contributed by atoms with Crippen molar-refractivity contribution in [3.8, 4) is 0 Å². The number of aliphatic hydroxyl groups is 1. The van der Waals surface area contributed by atoms with Crippen LogP contribution in [-0.2, 0) is 12.6 Å². The van der Waals surface area contributed by atoms with Crippen LogP contribution in [0.25, 0.3) is 0 Å². The smallest absolute Gasteiger partial charge is 0.167 e. The van der Waals surface area contributed by atoms with Crippen molar-refractivity contribution in [3.63, 3.8) is 0 Å².